The van der Waals surface area contributed by atoms with Crippen LogP contribution in [0.3, 0.4) is 0 Å². The molecule has 4 saturated carbocycles. The average molecular weight is 939 g/mol. The van der Waals surface area contributed by atoms with Crippen molar-refractivity contribution in [3.8, 4) is 22.9 Å². The number of hydrogen-bond donors (Lipinski definition) is 3. The number of ether oxygens (including phenoxy) is 4. The van der Waals surface area contributed by atoms with E-state index in [1.54, 1.807) is 7.11 Å². The Kier molecular flexibility index (Phi) is 12.4. The highest BCUT2D eigenvalue weighted by Gasteiger charge is 2.62. The summed E-state index contributed by atoms with van der Waals surface area (Å²) in [5.41, 5.74) is 1.06. The maximum Gasteiger partial charge on any atom is 0.408 e. The molecule has 1 aromatic heterocycles. The number of methoxy groups -OCH3 is 1. The summed E-state index contributed by atoms with van der Waals surface area (Å²) in [6, 6.07) is 13.6. The van der Waals surface area contributed by atoms with Gasteiger partial charge in [-0.2, -0.15) is 0 Å². The summed E-state index contributed by atoms with van der Waals surface area (Å²) in [5.74, 6) is -0.378. The number of alkyl carbamates (subject to hydrolysis) is 1. The van der Waals surface area contributed by atoms with Gasteiger partial charge in [0.05, 0.1) is 37.8 Å². The predicted molar refractivity (Wildman–Crippen MR) is 250 cm³/mol. The second-order valence-corrected chi connectivity index (χ2v) is 22.1. The first-order valence-corrected chi connectivity index (χ1v) is 25.7. The lowest BCUT2D eigenvalue weighted by molar-refractivity contribution is -0.142. The van der Waals surface area contributed by atoms with Gasteiger partial charge in [0.2, 0.25) is 27.7 Å². The molecule has 16 nitrogen and oxygen atoms in total. The molecule has 3 aliphatic heterocycles. The summed E-state index contributed by atoms with van der Waals surface area (Å²) in [7, 11) is -2.32. The molecule has 10 rings (SSSR count). The van der Waals surface area contributed by atoms with Crippen LogP contribution in [0, 0.1) is 29.6 Å². The van der Waals surface area contributed by atoms with Crippen molar-refractivity contribution in [1.29, 1.82) is 0 Å². The molecule has 17 heteroatoms. The lowest BCUT2D eigenvalue weighted by Crippen LogP contribution is -2.59. The number of pyridine rings is 1. The van der Waals surface area contributed by atoms with E-state index < -0.39 is 68.7 Å². The molecule has 6 fully saturated rings. The van der Waals surface area contributed by atoms with Crippen LogP contribution in [0.5, 0.6) is 11.6 Å². The lowest BCUT2D eigenvalue weighted by Gasteiger charge is -2.33. The van der Waals surface area contributed by atoms with Crippen LogP contribution in [0.15, 0.2) is 60.7 Å². The number of morpholine rings is 1. The summed E-state index contributed by atoms with van der Waals surface area (Å²) in [6.45, 7) is 6.97. The van der Waals surface area contributed by atoms with Crippen LogP contribution >= 0.6 is 0 Å². The monoisotopic (exact) mass is 938 g/mol. The highest BCUT2D eigenvalue weighted by molar-refractivity contribution is 7.91. The van der Waals surface area contributed by atoms with Gasteiger partial charge >= 0.3 is 6.09 Å². The van der Waals surface area contributed by atoms with Crippen molar-refractivity contribution in [2.24, 2.45) is 29.6 Å². The zero-order valence-electron chi connectivity index (χ0n) is 38.5. The topological polar surface area (TPSA) is 195 Å². The number of nitrogens with zero attached hydrogens (tertiary/aromatic N) is 3. The molecule has 0 bridgehead atoms. The van der Waals surface area contributed by atoms with Gasteiger partial charge in [0.25, 0.3) is 5.91 Å². The SMILES string of the molecule is COc1ccc2c(O[C@@H]3C[C@H]4C(=O)N[C@]5(C(=O)NS(=O)(=O)C6CC6)CC5/C=C\CC[C@H](C)C[C@@H](C)[C@H](NC(=O)OC5C[C@@H]6C[C@@H]6C5)C(=O)N4C3)nc(-c3ccc(N4CCOCC4)cc3)cc2c1. The molecule has 4 heterocycles. The van der Waals surface area contributed by atoms with Crippen LogP contribution < -0.4 is 29.7 Å². The van der Waals surface area contributed by atoms with E-state index in [1.807, 2.05) is 55.5 Å². The lowest BCUT2D eigenvalue weighted by atomic mass is 9.88. The zero-order chi connectivity index (χ0) is 46.6. The molecule has 67 heavy (non-hydrogen) atoms. The van der Waals surface area contributed by atoms with E-state index in [1.165, 1.54) is 11.3 Å². The number of fused-ring (bicyclic) bond motifs is 4. The minimum absolute atomic E-state index is 0.0285. The van der Waals surface area contributed by atoms with Crippen LogP contribution in [0.4, 0.5) is 10.5 Å². The fraction of sp³-hybridized carbons (Fsp3) is 0.580. The van der Waals surface area contributed by atoms with E-state index in [0.717, 1.165) is 49.0 Å². The number of sulfonamides is 1. The van der Waals surface area contributed by atoms with Gasteiger partial charge in [-0.1, -0.05) is 38.1 Å². The van der Waals surface area contributed by atoms with Crippen LogP contribution in [-0.4, -0.2) is 117 Å². The molecule has 2 unspecified atom stereocenters. The quantitative estimate of drug-likeness (QED) is 0.217. The Bertz CT molecular complexity index is 2540. The number of rotatable bonds is 10. The first-order chi connectivity index (χ1) is 32.3. The van der Waals surface area contributed by atoms with Crippen molar-refractivity contribution in [2.45, 2.75) is 113 Å². The van der Waals surface area contributed by atoms with Crippen LogP contribution in [0.2, 0.25) is 0 Å². The first-order valence-electron chi connectivity index (χ1n) is 24.2. The standard InChI is InChI=1S/C50H62N6O10S/c1-29-6-4-5-7-35-27-50(35,48(59)54-67(61,62)40-13-14-40)53-45(57)43-26-39(28-56(43)47(58)44(30(2)20-29)52-49(60)66-38-22-32-21-33(32)23-38)65-46-41-15-12-37(63-3)24-34(41)25-42(51-46)31-8-10-36(11-9-31)55-16-18-64-19-17-55/h5,7-12,15,24-25,29-30,32-33,35,38-40,43-44H,4,6,13-14,16-23,26-28H2,1-3H3,(H,52,60)(H,53,57)(H,54,59)/b7-5-/t29-,30+,32-,33+,35?,38?,39+,43-,44-,50+/m0/s1. The van der Waals surface area contributed by atoms with E-state index in [9.17, 15) is 22.8 Å². The summed E-state index contributed by atoms with van der Waals surface area (Å²) in [6.07, 6.45) is 8.29. The van der Waals surface area contributed by atoms with Gasteiger partial charge in [0.15, 0.2) is 0 Å². The Morgan fingerprint density at radius 3 is 2.42 bits per heavy atom. The third-order valence-corrected chi connectivity index (χ3v) is 17.0. The van der Waals surface area contributed by atoms with Crippen molar-refractivity contribution in [3.05, 3.63) is 60.7 Å². The van der Waals surface area contributed by atoms with Gasteiger partial charge < -0.3 is 39.4 Å². The molecule has 358 valence electrons. The number of allylic oxidation sites excluding steroid dienone is 1. The van der Waals surface area contributed by atoms with Crippen LogP contribution in [0.25, 0.3) is 22.0 Å². The Morgan fingerprint density at radius 2 is 1.69 bits per heavy atom. The highest BCUT2D eigenvalue weighted by atomic mass is 32.2. The third kappa shape index (κ3) is 9.68. The minimum atomic E-state index is -3.93. The van der Waals surface area contributed by atoms with Crippen molar-refractivity contribution >= 4 is 50.3 Å². The average Bonchev–Trinajstić information content (AvgIpc) is 4.28. The van der Waals surface area contributed by atoms with Crippen molar-refractivity contribution in [1.82, 2.24) is 25.2 Å². The largest absolute Gasteiger partial charge is 0.497 e. The van der Waals surface area contributed by atoms with E-state index >= 15 is 4.79 Å². The number of carbonyl (C=O) groups is 4. The molecule has 2 aromatic carbocycles. The maximum absolute atomic E-state index is 15.2. The van der Waals surface area contributed by atoms with Crippen molar-refractivity contribution < 1.29 is 46.5 Å². The molecule has 2 saturated heterocycles. The number of aromatic nitrogens is 1. The Balaban J connectivity index is 0.973. The molecular weight excluding hydrogens is 877 g/mol. The number of anilines is 1. The molecule has 3 N–H and O–H groups in total. The van der Waals surface area contributed by atoms with E-state index in [4.69, 9.17) is 23.9 Å². The fourth-order valence-corrected chi connectivity index (χ4v) is 12.3. The van der Waals surface area contributed by atoms with Gasteiger partial charge in [-0.05, 0) is 123 Å². The molecule has 4 amide bonds. The smallest absolute Gasteiger partial charge is 0.408 e. The zero-order valence-corrected chi connectivity index (χ0v) is 39.3. The number of carbonyl (C=O) groups excluding carboxylic acids is 4. The Labute approximate surface area is 391 Å². The van der Waals surface area contributed by atoms with E-state index in [-0.39, 0.29) is 37.3 Å². The van der Waals surface area contributed by atoms with Gasteiger partial charge in [-0.25, -0.2) is 18.2 Å². The Morgan fingerprint density at radius 1 is 0.925 bits per heavy atom. The maximum atomic E-state index is 15.2. The van der Waals surface area contributed by atoms with Gasteiger partial charge in [-0.3, -0.25) is 19.1 Å². The second-order valence-electron chi connectivity index (χ2n) is 20.2. The Hall–Kier alpha value is -5.42. The predicted octanol–water partition coefficient (Wildman–Crippen LogP) is 5.48. The number of amides is 4. The third-order valence-electron chi connectivity index (χ3n) is 15.2. The summed E-state index contributed by atoms with van der Waals surface area (Å²) in [4.78, 5) is 66.5. The molecule has 0 radical (unpaired) electrons. The summed E-state index contributed by atoms with van der Waals surface area (Å²) < 4.78 is 52.3. The summed E-state index contributed by atoms with van der Waals surface area (Å²) in [5, 5.41) is 6.77. The number of hydrogen-bond acceptors (Lipinski definition) is 12. The van der Waals surface area contributed by atoms with Gasteiger partial charge in [0, 0.05) is 42.1 Å². The van der Waals surface area contributed by atoms with E-state index in [0.29, 0.717) is 73.4 Å². The number of nitrogens with one attached hydrogen (secondary N) is 3. The second kappa shape index (κ2) is 18.2. The van der Waals surface area contributed by atoms with Gasteiger partial charge in [-0.15, -0.1) is 0 Å². The first kappa shape index (κ1) is 45.4. The molecular formula is C50H62N6O10S. The minimum Gasteiger partial charge on any atom is -0.497 e. The number of benzene rings is 2. The van der Waals surface area contributed by atoms with E-state index in [2.05, 4.69) is 39.3 Å². The normalized spacial score (nSPS) is 32.4. The van der Waals surface area contributed by atoms with Gasteiger partial charge in [0.1, 0.15) is 35.6 Å². The van der Waals surface area contributed by atoms with Crippen molar-refractivity contribution in [3.63, 3.8) is 0 Å². The molecule has 7 aliphatic rings. The van der Waals surface area contributed by atoms with Crippen LogP contribution in [-0.2, 0) is 33.9 Å². The fourth-order valence-electron chi connectivity index (χ4n) is 11.0. The molecule has 0 spiro atoms. The van der Waals surface area contributed by atoms with Crippen molar-refractivity contribution in [2.75, 3.05) is 44.9 Å². The molecule has 3 aromatic rings. The highest BCUT2D eigenvalue weighted by Crippen LogP contribution is 2.52. The van der Waals surface area contributed by atoms with Crippen LogP contribution in [0.1, 0.15) is 78.1 Å². The summed E-state index contributed by atoms with van der Waals surface area (Å²) >= 11 is 0. The molecule has 10 atom stereocenters. The molecule has 4 aliphatic carbocycles.